The predicted octanol–water partition coefficient (Wildman–Crippen LogP) is 2.70. The standard InChI is InChI=1S/C14H15NO3/c1-15(2)7-6-13(16)12-9-18-14-5-4-10(17-3)8-11(12)14/h4-9H,1-3H3/b7-6+. The minimum absolute atomic E-state index is 0.0873. The van der Waals surface area contributed by atoms with Crippen LogP contribution >= 0.6 is 0 Å². The van der Waals surface area contributed by atoms with E-state index in [1.54, 1.807) is 36.4 Å². The molecule has 0 amide bonds. The number of furan rings is 1. The molecule has 0 aliphatic heterocycles. The van der Waals surface area contributed by atoms with Crippen molar-refractivity contribution in [2.45, 2.75) is 0 Å². The normalized spacial score (nSPS) is 11.1. The van der Waals surface area contributed by atoms with Crippen LogP contribution in [0.2, 0.25) is 0 Å². The Bertz CT molecular complexity index is 596. The second kappa shape index (κ2) is 4.96. The summed E-state index contributed by atoms with van der Waals surface area (Å²) in [5, 5.41) is 0.766. The molecule has 0 saturated heterocycles. The number of carbonyl (C=O) groups is 1. The third kappa shape index (κ3) is 2.37. The molecular weight excluding hydrogens is 230 g/mol. The van der Waals surface area contributed by atoms with Gasteiger partial charge in [0.05, 0.1) is 12.7 Å². The van der Waals surface area contributed by atoms with Crippen molar-refractivity contribution in [3.05, 3.63) is 42.3 Å². The number of ether oxygens (including phenoxy) is 1. The Labute approximate surface area is 105 Å². The Hall–Kier alpha value is -2.23. The number of nitrogens with zero attached hydrogens (tertiary/aromatic N) is 1. The summed E-state index contributed by atoms with van der Waals surface area (Å²) in [5.41, 5.74) is 1.22. The maximum Gasteiger partial charge on any atom is 0.191 e. The third-order valence-corrected chi connectivity index (χ3v) is 2.57. The quantitative estimate of drug-likeness (QED) is 0.613. The highest BCUT2D eigenvalue weighted by Crippen LogP contribution is 2.26. The summed E-state index contributed by atoms with van der Waals surface area (Å²) in [7, 11) is 5.31. The molecule has 2 rings (SSSR count). The largest absolute Gasteiger partial charge is 0.497 e. The molecular formula is C14H15NO3. The SMILES string of the molecule is COc1ccc2occ(C(=O)/C=C/N(C)C)c2c1. The summed E-state index contributed by atoms with van der Waals surface area (Å²) in [5.74, 6) is 0.616. The summed E-state index contributed by atoms with van der Waals surface area (Å²) in [6, 6.07) is 5.39. The maximum absolute atomic E-state index is 12.0. The molecule has 4 nitrogen and oxygen atoms in total. The number of methoxy groups -OCH3 is 1. The monoisotopic (exact) mass is 245 g/mol. The Morgan fingerprint density at radius 2 is 2.17 bits per heavy atom. The molecule has 0 spiro atoms. The van der Waals surface area contributed by atoms with E-state index in [1.165, 1.54) is 12.3 Å². The van der Waals surface area contributed by atoms with Crippen LogP contribution < -0.4 is 4.74 Å². The second-order valence-corrected chi connectivity index (χ2v) is 4.16. The number of rotatable bonds is 4. The van der Waals surface area contributed by atoms with E-state index in [-0.39, 0.29) is 5.78 Å². The number of allylic oxidation sites excluding steroid dienone is 1. The molecule has 0 saturated carbocycles. The Kier molecular flexibility index (Phi) is 3.37. The van der Waals surface area contributed by atoms with Crippen LogP contribution in [0.3, 0.4) is 0 Å². The van der Waals surface area contributed by atoms with Crippen LogP contribution in [0.5, 0.6) is 5.75 Å². The fraction of sp³-hybridized carbons (Fsp3) is 0.214. The molecule has 1 aromatic heterocycles. The van der Waals surface area contributed by atoms with Crippen molar-refractivity contribution in [1.29, 1.82) is 0 Å². The molecule has 0 aliphatic rings. The smallest absolute Gasteiger partial charge is 0.191 e. The molecule has 0 N–H and O–H groups in total. The topological polar surface area (TPSA) is 42.7 Å². The van der Waals surface area contributed by atoms with E-state index in [1.807, 2.05) is 14.1 Å². The van der Waals surface area contributed by atoms with E-state index in [2.05, 4.69) is 0 Å². The van der Waals surface area contributed by atoms with Crippen molar-refractivity contribution in [2.24, 2.45) is 0 Å². The van der Waals surface area contributed by atoms with Gasteiger partial charge in [-0.1, -0.05) is 0 Å². The van der Waals surface area contributed by atoms with Gasteiger partial charge in [-0.25, -0.2) is 0 Å². The Morgan fingerprint density at radius 1 is 1.39 bits per heavy atom. The average molecular weight is 245 g/mol. The lowest BCUT2D eigenvalue weighted by atomic mass is 10.1. The van der Waals surface area contributed by atoms with Gasteiger partial charge in [0.15, 0.2) is 5.78 Å². The van der Waals surface area contributed by atoms with Crippen LogP contribution in [-0.2, 0) is 0 Å². The van der Waals surface area contributed by atoms with Crippen molar-refractivity contribution >= 4 is 16.8 Å². The number of fused-ring (bicyclic) bond motifs is 1. The van der Waals surface area contributed by atoms with E-state index in [0.29, 0.717) is 16.9 Å². The lowest BCUT2D eigenvalue weighted by Crippen LogP contribution is -2.02. The first-order valence-electron chi connectivity index (χ1n) is 5.56. The second-order valence-electron chi connectivity index (χ2n) is 4.16. The molecule has 0 aliphatic carbocycles. The van der Waals surface area contributed by atoms with E-state index < -0.39 is 0 Å². The van der Waals surface area contributed by atoms with Crippen LogP contribution in [-0.4, -0.2) is 31.9 Å². The van der Waals surface area contributed by atoms with Crippen LogP contribution in [0.25, 0.3) is 11.0 Å². The number of carbonyl (C=O) groups excluding carboxylic acids is 1. The first kappa shape index (κ1) is 12.2. The van der Waals surface area contributed by atoms with E-state index in [0.717, 1.165) is 5.39 Å². The molecule has 0 fully saturated rings. The van der Waals surface area contributed by atoms with Crippen molar-refractivity contribution in [3.8, 4) is 5.75 Å². The molecule has 0 atom stereocenters. The summed E-state index contributed by atoms with van der Waals surface area (Å²) in [4.78, 5) is 13.8. The molecule has 2 aromatic rings. The van der Waals surface area contributed by atoms with E-state index >= 15 is 0 Å². The molecule has 1 aromatic carbocycles. The zero-order valence-corrected chi connectivity index (χ0v) is 10.6. The highest BCUT2D eigenvalue weighted by atomic mass is 16.5. The number of ketones is 1. The average Bonchev–Trinajstić information content (AvgIpc) is 2.78. The lowest BCUT2D eigenvalue weighted by Gasteiger charge is -2.02. The first-order valence-corrected chi connectivity index (χ1v) is 5.56. The minimum Gasteiger partial charge on any atom is -0.497 e. The molecule has 0 unspecified atom stereocenters. The zero-order chi connectivity index (χ0) is 13.1. The first-order chi connectivity index (χ1) is 8.61. The summed E-state index contributed by atoms with van der Waals surface area (Å²) in [6.45, 7) is 0. The van der Waals surface area contributed by atoms with Crippen molar-refractivity contribution in [3.63, 3.8) is 0 Å². The zero-order valence-electron chi connectivity index (χ0n) is 10.6. The van der Waals surface area contributed by atoms with Gasteiger partial charge in [0.25, 0.3) is 0 Å². The van der Waals surface area contributed by atoms with Gasteiger partial charge in [-0.05, 0) is 18.2 Å². The maximum atomic E-state index is 12.0. The fourth-order valence-electron chi connectivity index (χ4n) is 1.63. The summed E-state index contributed by atoms with van der Waals surface area (Å²) < 4.78 is 10.5. The molecule has 0 bridgehead atoms. The Morgan fingerprint density at radius 3 is 2.83 bits per heavy atom. The van der Waals surface area contributed by atoms with Gasteiger partial charge < -0.3 is 14.1 Å². The molecule has 4 heteroatoms. The van der Waals surface area contributed by atoms with Crippen molar-refractivity contribution in [1.82, 2.24) is 4.90 Å². The van der Waals surface area contributed by atoms with E-state index in [9.17, 15) is 4.79 Å². The van der Waals surface area contributed by atoms with E-state index in [4.69, 9.17) is 9.15 Å². The third-order valence-electron chi connectivity index (χ3n) is 2.57. The number of benzene rings is 1. The molecule has 1 heterocycles. The Balaban J connectivity index is 2.41. The van der Waals surface area contributed by atoms with Gasteiger partial charge in [-0.2, -0.15) is 0 Å². The van der Waals surface area contributed by atoms with Crippen LogP contribution in [0, 0.1) is 0 Å². The van der Waals surface area contributed by atoms with Gasteiger partial charge in [0.2, 0.25) is 0 Å². The van der Waals surface area contributed by atoms with Crippen molar-refractivity contribution < 1.29 is 13.9 Å². The summed E-state index contributed by atoms with van der Waals surface area (Å²) >= 11 is 0. The van der Waals surface area contributed by atoms with Gasteiger partial charge >= 0.3 is 0 Å². The highest BCUT2D eigenvalue weighted by Gasteiger charge is 2.12. The van der Waals surface area contributed by atoms with Gasteiger partial charge in [0.1, 0.15) is 17.6 Å². The van der Waals surface area contributed by atoms with Gasteiger partial charge in [0, 0.05) is 31.8 Å². The summed E-state index contributed by atoms with van der Waals surface area (Å²) in [6.07, 6.45) is 4.71. The van der Waals surface area contributed by atoms with Gasteiger partial charge in [-0.3, -0.25) is 4.79 Å². The molecule has 94 valence electrons. The molecule has 0 radical (unpaired) electrons. The van der Waals surface area contributed by atoms with Gasteiger partial charge in [-0.15, -0.1) is 0 Å². The molecule has 18 heavy (non-hydrogen) atoms. The predicted molar refractivity (Wildman–Crippen MR) is 69.9 cm³/mol. The van der Waals surface area contributed by atoms with Crippen LogP contribution in [0.15, 0.2) is 41.2 Å². The fourth-order valence-corrected chi connectivity index (χ4v) is 1.63. The van der Waals surface area contributed by atoms with Crippen LogP contribution in [0.4, 0.5) is 0 Å². The number of hydrogen-bond donors (Lipinski definition) is 0. The van der Waals surface area contributed by atoms with Crippen LogP contribution in [0.1, 0.15) is 10.4 Å². The van der Waals surface area contributed by atoms with Crippen molar-refractivity contribution in [2.75, 3.05) is 21.2 Å². The lowest BCUT2D eigenvalue weighted by molar-refractivity contribution is 0.104. The highest BCUT2D eigenvalue weighted by molar-refractivity contribution is 6.12. The number of hydrogen-bond acceptors (Lipinski definition) is 4. The minimum atomic E-state index is -0.0873.